The first kappa shape index (κ1) is 10.8. The third-order valence-corrected chi connectivity index (χ3v) is 2.23. The lowest BCUT2D eigenvalue weighted by Crippen LogP contribution is -2.10. The Bertz CT molecular complexity index is 342. The van der Waals surface area contributed by atoms with Crippen molar-refractivity contribution >= 4 is 11.6 Å². The lowest BCUT2D eigenvalue weighted by Gasteiger charge is -2.15. The standard InChI is InChI=1S/C12H17NO/c1-8(2)11-7-5-6-9(3)12(11)13-10(4)14/h5-8H,1-4H3,(H,13,14). The van der Waals surface area contributed by atoms with Crippen LogP contribution in [0.25, 0.3) is 0 Å². The second-order valence-corrected chi connectivity index (χ2v) is 3.88. The van der Waals surface area contributed by atoms with Crippen molar-refractivity contribution in [3.63, 3.8) is 0 Å². The number of hydrogen-bond acceptors (Lipinski definition) is 1. The van der Waals surface area contributed by atoms with E-state index >= 15 is 0 Å². The van der Waals surface area contributed by atoms with E-state index in [4.69, 9.17) is 0 Å². The minimum Gasteiger partial charge on any atom is -0.326 e. The third-order valence-electron chi connectivity index (χ3n) is 2.23. The van der Waals surface area contributed by atoms with E-state index in [9.17, 15) is 4.79 Å². The molecule has 0 heterocycles. The molecule has 76 valence electrons. The summed E-state index contributed by atoms with van der Waals surface area (Å²) in [6, 6.07) is 6.09. The largest absolute Gasteiger partial charge is 0.326 e. The van der Waals surface area contributed by atoms with Gasteiger partial charge in [-0.3, -0.25) is 4.79 Å². The van der Waals surface area contributed by atoms with Gasteiger partial charge in [-0.25, -0.2) is 0 Å². The van der Waals surface area contributed by atoms with Crippen LogP contribution < -0.4 is 5.32 Å². The fraction of sp³-hybridized carbons (Fsp3) is 0.417. The summed E-state index contributed by atoms with van der Waals surface area (Å²) in [5, 5.41) is 2.88. The predicted molar refractivity (Wildman–Crippen MR) is 59.6 cm³/mol. The quantitative estimate of drug-likeness (QED) is 0.764. The summed E-state index contributed by atoms with van der Waals surface area (Å²) in [5.74, 6) is 0.415. The number of aryl methyl sites for hydroxylation is 1. The van der Waals surface area contributed by atoms with Crippen molar-refractivity contribution in [2.24, 2.45) is 0 Å². The Labute approximate surface area is 85.3 Å². The van der Waals surface area contributed by atoms with Gasteiger partial charge in [0, 0.05) is 12.6 Å². The van der Waals surface area contributed by atoms with Crippen LogP contribution in [0.5, 0.6) is 0 Å². The lowest BCUT2D eigenvalue weighted by molar-refractivity contribution is -0.114. The zero-order valence-corrected chi connectivity index (χ0v) is 9.22. The van der Waals surface area contributed by atoms with E-state index in [1.165, 1.54) is 12.5 Å². The molecular formula is C12H17NO. The molecule has 0 aliphatic rings. The Morgan fingerprint density at radius 3 is 2.50 bits per heavy atom. The van der Waals surface area contributed by atoms with Gasteiger partial charge >= 0.3 is 0 Å². The average Bonchev–Trinajstić information content (AvgIpc) is 2.07. The van der Waals surface area contributed by atoms with Gasteiger partial charge in [0.25, 0.3) is 0 Å². The molecule has 0 bridgehead atoms. The second kappa shape index (κ2) is 4.27. The number of nitrogens with one attached hydrogen (secondary N) is 1. The second-order valence-electron chi connectivity index (χ2n) is 3.88. The van der Waals surface area contributed by atoms with Crippen molar-refractivity contribution in [1.29, 1.82) is 0 Å². The summed E-state index contributed by atoms with van der Waals surface area (Å²) in [6.45, 7) is 7.80. The van der Waals surface area contributed by atoms with E-state index in [1.54, 1.807) is 0 Å². The van der Waals surface area contributed by atoms with Crippen molar-refractivity contribution in [3.8, 4) is 0 Å². The van der Waals surface area contributed by atoms with E-state index in [0.717, 1.165) is 11.3 Å². The van der Waals surface area contributed by atoms with Crippen molar-refractivity contribution < 1.29 is 4.79 Å². The Morgan fingerprint density at radius 2 is 2.00 bits per heavy atom. The highest BCUT2D eigenvalue weighted by Gasteiger charge is 2.09. The Morgan fingerprint density at radius 1 is 1.36 bits per heavy atom. The summed E-state index contributed by atoms with van der Waals surface area (Å²) in [5.41, 5.74) is 3.28. The number of rotatable bonds is 2. The topological polar surface area (TPSA) is 29.1 Å². The van der Waals surface area contributed by atoms with Crippen LogP contribution in [-0.4, -0.2) is 5.91 Å². The Balaban J connectivity index is 3.15. The first-order chi connectivity index (χ1) is 6.52. The molecule has 2 nitrogen and oxygen atoms in total. The molecule has 0 aliphatic heterocycles. The fourth-order valence-corrected chi connectivity index (χ4v) is 1.52. The van der Waals surface area contributed by atoms with Gasteiger partial charge in [-0.2, -0.15) is 0 Å². The minimum atomic E-state index is -0.0128. The van der Waals surface area contributed by atoms with Gasteiger partial charge in [0.05, 0.1) is 0 Å². The van der Waals surface area contributed by atoms with Crippen LogP contribution in [0, 0.1) is 6.92 Å². The number of para-hydroxylation sites is 1. The summed E-state index contributed by atoms with van der Waals surface area (Å²) < 4.78 is 0. The monoisotopic (exact) mass is 191 g/mol. The molecule has 1 amide bonds. The van der Waals surface area contributed by atoms with Crippen LogP contribution in [-0.2, 0) is 4.79 Å². The molecule has 0 unspecified atom stereocenters. The zero-order valence-electron chi connectivity index (χ0n) is 9.22. The summed E-state index contributed by atoms with van der Waals surface area (Å²) in [4.78, 5) is 11.0. The molecule has 1 aromatic carbocycles. The number of amides is 1. The van der Waals surface area contributed by atoms with Crippen molar-refractivity contribution in [2.75, 3.05) is 5.32 Å². The van der Waals surface area contributed by atoms with E-state index in [1.807, 2.05) is 19.1 Å². The molecule has 2 heteroatoms. The van der Waals surface area contributed by atoms with E-state index < -0.39 is 0 Å². The predicted octanol–water partition coefficient (Wildman–Crippen LogP) is 3.08. The first-order valence-electron chi connectivity index (χ1n) is 4.89. The maximum absolute atomic E-state index is 11.0. The molecule has 0 saturated heterocycles. The maximum atomic E-state index is 11.0. The average molecular weight is 191 g/mol. The van der Waals surface area contributed by atoms with Gasteiger partial charge in [0.1, 0.15) is 0 Å². The van der Waals surface area contributed by atoms with E-state index in [-0.39, 0.29) is 5.91 Å². The van der Waals surface area contributed by atoms with Gasteiger partial charge in [-0.15, -0.1) is 0 Å². The van der Waals surface area contributed by atoms with Gasteiger partial charge in [-0.05, 0) is 24.0 Å². The van der Waals surface area contributed by atoms with Gasteiger partial charge in [0.15, 0.2) is 0 Å². The lowest BCUT2D eigenvalue weighted by atomic mass is 9.98. The molecule has 14 heavy (non-hydrogen) atoms. The normalized spacial score (nSPS) is 10.4. The van der Waals surface area contributed by atoms with Crippen molar-refractivity contribution in [3.05, 3.63) is 29.3 Å². The summed E-state index contributed by atoms with van der Waals surface area (Å²) >= 11 is 0. The van der Waals surface area contributed by atoms with Crippen LogP contribution in [0.3, 0.4) is 0 Å². The van der Waals surface area contributed by atoms with Crippen LogP contribution in [0.2, 0.25) is 0 Å². The highest BCUT2D eigenvalue weighted by Crippen LogP contribution is 2.27. The highest BCUT2D eigenvalue weighted by molar-refractivity contribution is 5.90. The zero-order chi connectivity index (χ0) is 10.7. The number of carbonyl (C=O) groups excluding carboxylic acids is 1. The Kier molecular flexibility index (Phi) is 3.28. The molecule has 1 aromatic rings. The minimum absolute atomic E-state index is 0.0128. The third kappa shape index (κ3) is 2.34. The van der Waals surface area contributed by atoms with E-state index in [0.29, 0.717) is 5.92 Å². The first-order valence-corrected chi connectivity index (χ1v) is 4.89. The molecule has 0 atom stereocenters. The molecule has 0 aromatic heterocycles. The van der Waals surface area contributed by atoms with E-state index in [2.05, 4.69) is 25.2 Å². The summed E-state index contributed by atoms with van der Waals surface area (Å²) in [7, 11) is 0. The molecule has 0 spiro atoms. The molecule has 0 fully saturated rings. The maximum Gasteiger partial charge on any atom is 0.221 e. The molecule has 1 rings (SSSR count). The van der Waals surface area contributed by atoms with Crippen LogP contribution in [0.4, 0.5) is 5.69 Å². The molecule has 0 aliphatic carbocycles. The van der Waals surface area contributed by atoms with Gasteiger partial charge in [-0.1, -0.05) is 32.0 Å². The SMILES string of the molecule is CC(=O)Nc1c(C)cccc1C(C)C. The van der Waals surface area contributed by atoms with Crippen LogP contribution >= 0.6 is 0 Å². The van der Waals surface area contributed by atoms with Crippen LogP contribution in [0.15, 0.2) is 18.2 Å². The highest BCUT2D eigenvalue weighted by atomic mass is 16.1. The molecular weight excluding hydrogens is 174 g/mol. The molecule has 0 radical (unpaired) electrons. The number of anilines is 1. The smallest absolute Gasteiger partial charge is 0.221 e. The number of hydrogen-bond donors (Lipinski definition) is 1. The Hall–Kier alpha value is -1.31. The fourth-order valence-electron chi connectivity index (χ4n) is 1.52. The summed E-state index contributed by atoms with van der Waals surface area (Å²) in [6.07, 6.45) is 0. The number of carbonyl (C=O) groups is 1. The number of benzene rings is 1. The van der Waals surface area contributed by atoms with Gasteiger partial charge < -0.3 is 5.32 Å². The van der Waals surface area contributed by atoms with Crippen LogP contribution in [0.1, 0.15) is 37.8 Å². The van der Waals surface area contributed by atoms with Gasteiger partial charge in [0.2, 0.25) is 5.91 Å². The van der Waals surface area contributed by atoms with Crippen molar-refractivity contribution in [2.45, 2.75) is 33.6 Å². The molecule has 1 N–H and O–H groups in total. The molecule has 0 saturated carbocycles. The van der Waals surface area contributed by atoms with Crippen molar-refractivity contribution in [1.82, 2.24) is 0 Å².